The third-order valence-electron chi connectivity index (χ3n) is 2.47. The Morgan fingerprint density at radius 2 is 2.41 bits per heavy atom. The molecule has 2 heterocycles. The number of rotatable bonds is 4. The van der Waals surface area contributed by atoms with Gasteiger partial charge in [-0.1, -0.05) is 0 Å². The van der Waals surface area contributed by atoms with E-state index in [2.05, 4.69) is 15.3 Å². The molecule has 0 bridgehead atoms. The summed E-state index contributed by atoms with van der Waals surface area (Å²) in [6, 6.07) is 3.38. The average molecular weight is 233 g/mol. The van der Waals surface area contributed by atoms with E-state index in [1.165, 1.54) is 0 Å². The predicted molar refractivity (Wildman–Crippen MR) is 65.8 cm³/mol. The van der Waals surface area contributed by atoms with Gasteiger partial charge in [0.15, 0.2) is 0 Å². The van der Waals surface area contributed by atoms with E-state index in [9.17, 15) is 4.79 Å². The van der Waals surface area contributed by atoms with Crippen molar-refractivity contribution >= 4 is 22.7 Å². The first-order valence-corrected chi connectivity index (χ1v) is 5.57. The molecule has 0 radical (unpaired) electrons. The van der Waals surface area contributed by atoms with Gasteiger partial charge in [0.25, 0.3) is 0 Å². The molecule has 2 N–H and O–H groups in total. The summed E-state index contributed by atoms with van der Waals surface area (Å²) in [5.41, 5.74) is 1.67. The standard InChI is InChI=1S/C12H15N3O2/c1-3-17-12(16)8(2)15-10-5-7-14-11-9(10)4-6-13-11/h4-8H,3H2,1-2H3,(H2,13,14,15). The summed E-state index contributed by atoms with van der Waals surface area (Å²) in [6.45, 7) is 3.96. The van der Waals surface area contributed by atoms with Crippen LogP contribution in [0.5, 0.6) is 0 Å². The number of nitrogens with one attached hydrogen (secondary N) is 2. The Balaban J connectivity index is 2.18. The number of nitrogens with zero attached hydrogens (tertiary/aromatic N) is 1. The Morgan fingerprint density at radius 3 is 3.18 bits per heavy atom. The highest BCUT2D eigenvalue weighted by molar-refractivity contribution is 5.91. The van der Waals surface area contributed by atoms with Crippen LogP contribution < -0.4 is 5.32 Å². The van der Waals surface area contributed by atoms with Gasteiger partial charge in [-0.05, 0) is 26.0 Å². The highest BCUT2D eigenvalue weighted by atomic mass is 16.5. The van der Waals surface area contributed by atoms with Crippen molar-refractivity contribution in [1.82, 2.24) is 9.97 Å². The Kier molecular flexibility index (Phi) is 3.27. The van der Waals surface area contributed by atoms with Crippen molar-refractivity contribution in [3.8, 4) is 0 Å². The van der Waals surface area contributed by atoms with E-state index in [1.807, 2.05) is 18.3 Å². The van der Waals surface area contributed by atoms with Crippen LogP contribution in [0, 0.1) is 0 Å². The van der Waals surface area contributed by atoms with E-state index < -0.39 is 0 Å². The minimum Gasteiger partial charge on any atom is -0.464 e. The first-order valence-electron chi connectivity index (χ1n) is 5.57. The number of aromatic nitrogens is 2. The second kappa shape index (κ2) is 4.86. The second-order valence-electron chi connectivity index (χ2n) is 3.72. The number of H-pyrrole nitrogens is 1. The van der Waals surface area contributed by atoms with E-state index in [0.29, 0.717) is 6.61 Å². The van der Waals surface area contributed by atoms with Crippen molar-refractivity contribution in [3.05, 3.63) is 24.5 Å². The highest BCUT2D eigenvalue weighted by Crippen LogP contribution is 2.20. The lowest BCUT2D eigenvalue weighted by molar-refractivity contribution is -0.143. The van der Waals surface area contributed by atoms with Crippen molar-refractivity contribution in [2.24, 2.45) is 0 Å². The van der Waals surface area contributed by atoms with E-state index in [1.54, 1.807) is 20.0 Å². The van der Waals surface area contributed by atoms with Gasteiger partial charge in [-0.3, -0.25) is 0 Å². The van der Waals surface area contributed by atoms with Crippen LogP contribution in [0.1, 0.15) is 13.8 Å². The van der Waals surface area contributed by atoms with Crippen LogP contribution in [0.3, 0.4) is 0 Å². The number of pyridine rings is 1. The van der Waals surface area contributed by atoms with Crippen molar-refractivity contribution < 1.29 is 9.53 Å². The van der Waals surface area contributed by atoms with Crippen LogP contribution in [0.25, 0.3) is 11.0 Å². The average Bonchev–Trinajstić information content (AvgIpc) is 2.78. The van der Waals surface area contributed by atoms with Gasteiger partial charge in [-0.25, -0.2) is 9.78 Å². The topological polar surface area (TPSA) is 67.0 Å². The van der Waals surface area contributed by atoms with Gasteiger partial charge in [0.2, 0.25) is 0 Å². The molecule has 2 rings (SSSR count). The van der Waals surface area contributed by atoms with Crippen molar-refractivity contribution in [2.75, 3.05) is 11.9 Å². The van der Waals surface area contributed by atoms with E-state index in [4.69, 9.17) is 4.74 Å². The molecule has 0 aliphatic carbocycles. The molecule has 0 aliphatic rings. The smallest absolute Gasteiger partial charge is 0.328 e. The Hall–Kier alpha value is -2.04. The van der Waals surface area contributed by atoms with Crippen LogP contribution >= 0.6 is 0 Å². The lowest BCUT2D eigenvalue weighted by Crippen LogP contribution is -2.28. The zero-order chi connectivity index (χ0) is 12.3. The fraction of sp³-hybridized carbons (Fsp3) is 0.333. The molecule has 0 aliphatic heterocycles. The molecule has 0 amide bonds. The highest BCUT2D eigenvalue weighted by Gasteiger charge is 2.14. The third-order valence-corrected chi connectivity index (χ3v) is 2.47. The summed E-state index contributed by atoms with van der Waals surface area (Å²) in [4.78, 5) is 18.7. The number of esters is 1. The summed E-state index contributed by atoms with van der Waals surface area (Å²) in [7, 11) is 0. The van der Waals surface area contributed by atoms with E-state index >= 15 is 0 Å². The molecule has 5 nitrogen and oxygen atoms in total. The normalized spacial score (nSPS) is 12.4. The lowest BCUT2D eigenvalue weighted by Gasteiger charge is -2.14. The molecule has 2 aromatic rings. The maximum Gasteiger partial charge on any atom is 0.328 e. The minimum atomic E-state index is -0.379. The second-order valence-corrected chi connectivity index (χ2v) is 3.72. The van der Waals surface area contributed by atoms with Gasteiger partial charge in [-0.2, -0.15) is 0 Å². The van der Waals surface area contributed by atoms with Crippen molar-refractivity contribution in [2.45, 2.75) is 19.9 Å². The van der Waals surface area contributed by atoms with Crippen LogP contribution in [0.4, 0.5) is 5.69 Å². The maximum atomic E-state index is 11.5. The molecule has 5 heteroatoms. The molecular formula is C12H15N3O2. The van der Waals surface area contributed by atoms with Gasteiger partial charge in [0, 0.05) is 23.5 Å². The van der Waals surface area contributed by atoms with Crippen LogP contribution in [-0.4, -0.2) is 28.6 Å². The van der Waals surface area contributed by atoms with Crippen molar-refractivity contribution in [3.63, 3.8) is 0 Å². The SMILES string of the molecule is CCOC(=O)C(C)Nc1ccnc2[nH]ccc12. The molecule has 0 saturated heterocycles. The zero-order valence-corrected chi connectivity index (χ0v) is 9.86. The molecule has 1 unspecified atom stereocenters. The molecule has 0 fully saturated rings. The number of carbonyl (C=O) groups excluding carboxylic acids is 1. The van der Waals surface area contributed by atoms with Gasteiger partial charge in [-0.15, -0.1) is 0 Å². The zero-order valence-electron chi connectivity index (χ0n) is 9.86. The summed E-state index contributed by atoms with van der Waals surface area (Å²) in [5, 5.41) is 4.08. The fourth-order valence-electron chi connectivity index (χ4n) is 1.65. The predicted octanol–water partition coefficient (Wildman–Crippen LogP) is 1.93. The number of ether oxygens (including phenoxy) is 1. The summed E-state index contributed by atoms with van der Waals surface area (Å²) in [6.07, 6.45) is 3.51. The minimum absolute atomic E-state index is 0.256. The van der Waals surface area contributed by atoms with Gasteiger partial charge >= 0.3 is 5.97 Å². The third kappa shape index (κ3) is 2.38. The van der Waals surface area contributed by atoms with Crippen molar-refractivity contribution in [1.29, 1.82) is 0 Å². The van der Waals surface area contributed by atoms with Gasteiger partial charge in [0.1, 0.15) is 11.7 Å². The molecule has 2 aromatic heterocycles. The number of anilines is 1. The summed E-state index contributed by atoms with van der Waals surface area (Å²) >= 11 is 0. The largest absolute Gasteiger partial charge is 0.464 e. The first-order chi connectivity index (χ1) is 8.22. The monoisotopic (exact) mass is 233 g/mol. The number of aromatic amines is 1. The Morgan fingerprint density at radius 1 is 1.59 bits per heavy atom. The van der Waals surface area contributed by atoms with Crippen LogP contribution in [0.2, 0.25) is 0 Å². The number of hydrogen-bond donors (Lipinski definition) is 2. The lowest BCUT2D eigenvalue weighted by atomic mass is 10.2. The maximum absolute atomic E-state index is 11.5. The first kappa shape index (κ1) is 11.4. The molecule has 0 aromatic carbocycles. The molecule has 17 heavy (non-hydrogen) atoms. The Bertz CT molecular complexity index is 521. The van der Waals surface area contributed by atoms with Gasteiger partial charge in [0.05, 0.1) is 6.61 Å². The molecular weight excluding hydrogens is 218 g/mol. The summed E-state index contributed by atoms with van der Waals surface area (Å²) in [5.74, 6) is -0.256. The number of carbonyl (C=O) groups is 1. The van der Waals surface area contributed by atoms with E-state index in [-0.39, 0.29) is 12.0 Å². The molecule has 0 spiro atoms. The number of hydrogen-bond acceptors (Lipinski definition) is 4. The van der Waals surface area contributed by atoms with Gasteiger partial charge < -0.3 is 15.0 Å². The summed E-state index contributed by atoms with van der Waals surface area (Å²) < 4.78 is 4.94. The Labute approximate surface area is 99.2 Å². The molecule has 1 atom stereocenters. The van der Waals surface area contributed by atoms with E-state index in [0.717, 1.165) is 16.7 Å². The fourth-order valence-corrected chi connectivity index (χ4v) is 1.65. The molecule has 0 saturated carbocycles. The molecule has 90 valence electrons. The van der Waals surface area contributed by atoms with Crippen LogP contribution in [0.15, 0.2) is 24.5 Å². The quantitative estimate of drug-likeness (QED) is 0.792. The number of fused-ring (bicyclic) bond motifs is 1. The van der Waals surface area contributed by atoms with Crippen LogP contribution in [-0.2, 0) is 9.53 Å².